The highest BCUT2D eigenvalue weighted by atomic mass is 35.5. The standard InChI is InChI=1S/C31H38Cl2N2O4/c1-30(2,3)39-29(37)35-19-25-27(20-8-10-21(32)11-9-20)24(23-13-12-22(33)18-26(23)38-4)14-15-31(25,28(35)36)34-16-6-5-7-17-34/h8-13,18,24-25,27H,5-7,14-17,19H2,1-4H3/t24-,25-,27-,31-/m0/s1. The maximum absolute atomic E-state index is 14.5. The van der Waals surface area contributed by atoms with E-state index in [9.17, 15) is 9.59 Å². The molecule has 4 atom stereocenters. The SMILES string of the molecule is COc1cc(Cl)ccc1[C@@H]1CC[C@@]2(N3CCCCC3)C(=O)N(C(=O)OC(C)(C)C)C[C@H]2[C@H]1c1ccc(Cl)cc1. The first kappa shape index (κ1) is 28.3. The average molecular weight is 574 g/mol. The highest BCUT2D eigenvalue weighted by Crippen LogP contribution is 2.58. The van der Waals surface area contributed by atoms with Crippen LogP contribution in [0.1, 0.15) is 75.8 Å². The van der Waals surface area contributed by atoms with Crippen molar-refractivity contribution in [2.45, 2.75) is 75.9 Å². The first-order valence-corrected chi connectivity index (χ1v) is 14.7. The van der Waals surface area contributed by atoms with Crippen LogP contribution in [0.3, 0.4) is 0 Å². The van der Waals surface area contributed by atoms with Crippen LogP contribution in [0.15, 0.2) is 42.5 Å². The van der Waals surface area contributed by atoms with E-state index >= 15 is 0 Å². The molecule has 2 saturated heterocycles. The van der Waals surface area contributed by atoms with Gasteiger partial charge in [0.05, 0.1) is 7.11 Å². The molecule has 0 spiro atoms. The minimum Gasteiger partial charge on any atom is -0.496 e. The van der Waals surface area contributed by atoms with Crippen molar-refractivity contribution in [3.63, 3.8) is 0 Å². The summed E-state index contributed by atoms with van der Waals surface area (Å²) in [7, 11) is 1.66. The predicted octanol–water partition coefficient (Wildman–Crippen LogP) is 7.28. The lowest BCUT2D eigenvalue weighted by Gasteiger charge is -2.52. The molecule has 0 unspecified atom stereocenters. The van der Waals surface area contributed by atoms with Gasteiger partial charge in [-0.3, -0.25) is 9.69 Å². The molecule has 0 radical (unpaired) electrons. The number of nitrogens with zero attached hydrogens (tertiary/aromatic N) is 2. The molecule has 39 heavy (non-hydrogen) atoms. The molecule has 2 aromatic carbocycles. The molecule has 1 saturated carbocycles. The number of halogens is 2. The Kier molecular flexibility index (Phi) is 7.93. The molecule has 210 valence electrons. The Bertz CT molecular complexity index is 1220. The molecule has 2 aromatic rings. The van der Waals surface area contributed by atoms with E-state index in [1.54, 1.807) is 7.11 Å². The molecular formula is C31H38Cl2N2O4. The summed E-state index contributed by atoms with van der Waals surface area (Å²) in [5.41, 5.74) is 0.708. The van der Waals surface area contributed by atoms with Crippen LogP contribution in [-0.4, -0.2) is 59.7 Å². The van der Waals surface area contributed by atoms with Gasteiger partial charge in [0.15, 0.2) is 0 Å². The number of hydrogen-bond acceptors (Lipinski definition) is 5. The van der Waals surface area contributed by atoms with Crippen molar-refractivity contribution < 1.29 is 19.1 Å². The molecule has 3 aliphatic rings. The van der Waals surface area contributed by atoms with E-state index in [1.165, 1.54) is 4.90 Å². The Labute approximate surface area is 241 Å². The monoisotopic (exact) mass is 572 g/mol. The largest absolute Gasteiger partial charge is 0.496 e. The van der Waals surface area contributed by atoms with Gasteiger partial charge in [-0.05, 0) is 107 Å². The van der Waals surface area contributed by atoms with Crippen molar-refractivity contribution in [1.82, 2.24) is 9.80 Å². The van der Waals surface area contributed by atoms with Gasteiger partial charge in [0.25, 0.3) is 5.91 Å². The average Bonchev–Trinajstić information content (AvgIpc) is 3.21. The number of imide groups is 1. The molecule has 5 rings (SSSR count). The minimum atomic E-state index is -0.766. The molecule has 2 heterocycles. The number of fused-ring (bicyclic) bond motifs is 1. The van der Waals surface area contributed by atoms with Gasteiger partial charge < -0.3 is 9.47 Å². The first-order valence-electron chi connectivity index (χ1n) is 13.9. The van der Waals surface area contributed by atoms with E-state index < -0.39 is 17.2 Å². The quantitative estimate of drug-likeness (QED) is 0.385. The minimum absolute atomic E-state index is 0.0515. The Morgan fingerprint density at radius 2 is 1.67 bits per heavy atom. The van der Waals surface area contributed by atoms with E-state index in [2.05, 4.69) is 17.0 Å². The fraction of sp³-hybridized carbons (Fsp3) is 0.548. The van der Waals surface area contributed by atoms with Crippen LogP contribution >= 0.6 is 23.2 Å². The van der Waals surface area contributed by atoms with E-state index in [-0.39, 0.29) is 23.7 Å². The molecule has 6 nitrogen and oxygen atoms in total. The van der Waals surface area contributed by atoms with Crippen molar-refractivity contribution >= 4 is 35.2 Å². The third-order valence-electron chi connectivity index (χ3n) is 8.70. The summed E-state index contributed by atoms with van der Waals surface area (Å²) >= 11 is 12.7. The number of carbonyl (C=O) groups is 2. The van der Waals surface area contributed by atoms with E-state index in [0.717, 1.165) is 55.6 Å². The van der Waals surface area contributed by atoms with Crippen LogP contribution in [0, 0.1) is 5.92 Å². The van der Waals surface area contributed by atoms with Gasteiger partial charge in [0, 0.05) is 22.5 Å². The zero-order valence-corrected chi connectivity index (χ0v) is 24.7. The Morgan fingerprint density at radius 3 is 2.31 bits per heavy atom. The second kappa shape index (κ2) is 10.9. The van der Waals surface area contributed by atoms with Gasteiger partial charge in [-0.2, -0.15) is 0 Å². The van der Waals surface area contributed by atoms with Crippen LogP contribution in [-0.2, 0) is 9.53 Å². The number of rotatable bonds is 4. The summed E-state index contributed by atoms with van der Waals surface area (Å²) < 4.78 is 11.5. The topological polar surface area (TPSA) is 59.1 Å². The lowest BCUT2D eigenvalue weighted by atomic mass is 9.59. The number of hydrogen-bond donors (Lipinski definition) is 0. The van der Waals surface area contributed by atoms with Crippen LogP contribution in [0.5, 0.6) is 5.75 Å². The third-order valence-corrected chi connectivity index (χ3v) is 9.18. The predicted molar refractivity (Wildman–Crippen MR) is 154 cm³/mol. The van der Waals surface area contributed by atoms with Gasteiger partial charge in [0.1, 0.15) is 16.9 Å². The molecule has 0 N–H and O–H groups in total. The second-order valence-electron chi connectivity index (χ2n) is 12.1. The lowest BCUT2D eigenvalue weighted by molar-refractivity contribution is -0.141. The summed E-state index contributed by atoms with van der Waals surface area (Å²) in [4.78, 5) is 31.6. The number of amides is 2. The summed E-state index contributed by atoms with van der Waals surface area (Å²) in [6, 6.07) is 13.8. The van der Waals surface area contributed by atoms with Crippen molar-refractivity contribution in [3.8, 4) is 5.75 Å². The molecule has 2 amide bonds. The highest BCUT2D eigenvalue weighted by Gasteiger charge is 2.64. The van der Waals surface area contributed by atoms with Crippen molar-refractivity contribution in [3.05, 3.63) is 63.6 Å². The summed E-state index contributed by atoms with van der Waals surface area (Å²) in [5.74, 6) is 0.502. The fourth-order valence-corrected chi connectivity index (χ4v) is 7.43. The fourth-order valence-electron chi connectivity index (χ4n) is 7.15. The molecule has 3 fully saturated rings. The number of ether oxygens (including phenoxy) is 2. The number of likely N-dealkylation sites (tertiary alicyclic amines) is 2. The Hall–Kier alpha value is -2.28. The second-order valence-corrected chi connectivity index (χ2v) is 13.0. The van der Waals surface area contributed by atoms with Crippen molar-refractivity contribution in [2.75, 3.05) is 26.7 Å². The molecule has 2 aliphatic heterocycles. The molecule has 0 aromatic heterocycles. The van der Waals surface area contributed by atoms with Crippen LogP contribution in [0.2, 0.25) is 10.0 Å². The summed E-state index contributed by atoms with van der Waals surface area (Å²) in [6.07, 6.45) is 4.13. The van der Waals surface area contributed by atoms with Crippen LogP contribution in [0.25, 0.3) is 0 Å². The molecule has 8 heteroatoms. The Morgan fingerprint density at radius 1 is 1.00 bits per heavy atom. The van der Waals surface area contributed by atoms with Gasteiger partial charge in [-0.15, -0.1) is 0 Å². The zero-order chi connectivity index (χ0) is 27.9. The van der Waals surface area contributed by atoms with Gasteiger partial charge in [0.2, 0.25) is 0 Å². The number of benzene rings is 2. The number of carbonyl (C=O) groups excluding carboxylic acids is 2. The summed E-state index contributed by atoms with van der Waals surface area (Å²) in [6.45, 7) is 7.51. The Balaban J connectivity index is 1.65. The van der Waals surface area contributed by atoms with E-state index in [4.69, 9.17) is 32.7 Å². The molecule has 0 bridgehead atoms. The summed E-state index contributed by atoms with van der Waals surface area (Å²) in [5, 5.41) is 1.28. The number of piperidine rings is 1. The maximum atomic E-state index is 14.5. The van der Waals surface area contributed by atoms with Gasteiger partial charge in [-0.1, -0.05) is 47.8 Å². The lowest BCUT2D eigenvalue weighted by Crippen LogP contribution is -2.62. The van der Waals surface area contributed by atoms with E-state index in [0.29, 0.717) is 23.0 Å². The highest BCUT2D eigenvalue weighted by molar-refractivity contribution is 6.31. The zero-order valence-electron chi connectivity index (χ0n) is 23.2. The molecule has 1 aliphatic carbocycles. The smallest absolute Gasteiger partial charge is 0.417 e. The van der Waals surface area contributed by atoms with Crippen molar-refractivity contribution in [1.29, 1.82) is 0 Å². The molecular weight excluding hydrogens is 535 g/mol. The van der Waals surface area contributed by atoms with Crippen LogP contribution < -0.4 is 4.74 Å². The maximum Gasteiger partial charge on any atom is 0.417 e. The third kappa shape index (κ3) is 5.28. The first-order chi connectivity index (χ1) is 18.5. The van der Waals surface area contributed by atoms with Crippen molar-refractivity contribution in [2.24, 2.45) is 5.92 Å². The van der Waals surface area contributed by atoms with Crippen LogP contribution in [0.4, 0.5) is 4.79 Å². The van der Waals surface area contributed by atoms with Gasteiger partial charge >= 0.3 is 6.09 Å². The normalized spacial score (nSPS) is 27.8. The number of methoxy groups -OCH3 is 1. The van der Waals surface area contributed by atoms with E-state index in [1.807, 2.05) is 51.1 Å². The van der Waals surface area contributed by atoms with Gasteiger partial charge in [-0.25, -0.2) is 9.69 Å².